The van der Waals surface area contributed by atoms with Gasteiger partial charge in [0.05, 0.1) is 5.92 Å². The van der Waals surface area contributed by atoms with Crippen LogP contribution in [0.4, 0.5) is 4.39 Å². The smallest absolute Gasteiger partial charge is 0.253 e. The van der Waals surface area contributed by atoms with Gasteiger partial charge in [0.2, 0.25) is 0 Å². The second-order valence-corrected chi connectivity index (χ2v) is 5.79. The number of amides is 1. The highest BCUT2D eigenvalue weighted by atomic mass is 35.5. The Morgan fingerprint density at radius 1 is 1.37 bits per heavy atom. The van der Waals surface area contributed by atoms with Gasteiger partial charge >= 0.3 is 0 Å². The first-order valence-electron chi connectivity index (χ1n) is 5.83. The molecule has 1 aromatic rings. The van der Waals surface area contributed by atoms with E-state index in [2.05, 4.69) is 4.99 Å². The third-order valence-corrected chi connectivity index (χ3v) is 3.79. The summed E-state index contributed by atoms with van der Waals surface area (Å²) in [5.41, 5.74) is 10.8. The van der Waals surface area contributed by atoms with Crippen molar-refractivity contribution in [3.63, 3.8) is 0 Å². The SMILES string of the molecule is CC1(C)C(C(=O)N=C(N)N)C1c1cc(F)cc(Cl)c1. The van der Waals surface area contributed by atoms with Crippen molar-refractivity contribution >= 4 is 23.5 Å². The van der Waals surface area contributed by atoms with E-state index in [-0.39, 0.29) is 29.1 Å². The van der Waals surface area contributed by atoms with Crippen LogP contribution in [-0.4, -0.2) is 11.9 Å². The number of hydrogen-bond donors (Lipinski definition) is 2. The van der Waals surface area contributed by atoms with Crippen LogP contribution < -0.4 is 11.5 Å². The molecule has 19 heavy (non-hydrogen) atoms. The molecule has 0 bridgehead atoms. The summed E-state index contributed by atoms with van der Waals surface area (Å²) in [6.07, 6.45) is 0. The Kier molecular flexibility index (Phi) is 3.26. The van der Waals surface area contributed by atoms with Crippen LogP contribution in [0.2, 0.25) is 5.02 Å². The van der Waals surface area contributed by atoms with Crippen molar-refractivity contribution in [3.05, 3.63) is 34.6 Å². The molecular formula is C13H15ClFN3O. The fraction of sp³-hybridized carbons (Fsp3) is 0.385. The molecule has 0 aromatic heterocycles. The van der Waals surface area contributed by atoms with Crippen molar-refractivity contribution in [3.8, 4) is 0 Å². The number of rotatable bonds is 2. The quantitative estimate of drug-likeness (QED) is 0.643. The number of nitrogens with two attached hydrogens (primary N) is 2. The zero-order valence-corrected chi connectivity index (χ0v) is 11.4. The van der Waals surface area contributed by atoms with E-state index in [9.17, 15) is 9.18 Å². The van der Waals surface area contributed by atoms with Gasteiger partial charge in [-0.25, -0.2) is 4.39 Å². The molecule has 0 aliphatic heterocycles. The molecule has 1 fully saturated rings. The van der Waals surface area contributed by atoms with E-state index in [1.807, 2.05) is 13.8 Å². The van der Waals surface area contributed by atoms with Crippen molar-refractivity contribution in [1.29, 1.82) is 0 Å². The molecule has 2 atom stereocenters. The summed E-state index contributed by atoms with van der Waals surface area (Å²) in [7, 11) is 0. The average molecular weight is 284 g/mol. The fourth-order valence-electron chi connectivity index (χ4n) is 2.67. The zero-order valence-electron chi connectivity index (χ0n) is 10.7. The van der Waals surface area contributed by atoms with E-state index in [0.29, 0.717) is 10.6 Å². The highest BCUT2D eigenvalue weighted by molar-refractivity contribution is 6.30. The maximum Gasteiger partial charge on any atom is 0.253 e. The number of halogens is 2. The lowest BCUT2D eigenvalue weighted by Crippen LogP contribution is -2.25. The van der Waals surface area contributed by atoms with Gasteiger partial charge in [0.25, 0.3) is 5.91 Å². The van der Waals surface area contributed by atoms with Gasteiger partial charge in [0.15, 0.2) is 5.96 Å². The highest BCUT2D eigenvalue weighted by Crippen LogP contribution is 2.65. The summed E-state index contributed by atoms with van der Waals surface area (Å²) in [6.45, 7) is 3.84. The van der Waals surface area contributed by atoms with E-state index >= 15 is 0 Å². The van der Waals surface area contributed by atoms with E-state index in [0.717, 1.165) is 0 Å². The van der Waals surface area contributed by atoms with Gasteiger partial charge in [-0.15, -0.1) is 0 Å². The molecule has 1 amide bonds. The first-order chi connectivity index (χ1) is 8.73. The minimum Gasteiger partial charge on any atom is -0.370 e. The van der Waals surface area contributed by atoms with Gasteiger partial charge in [-0.1, -0.05) is 25.4 Å². The maximum absolute atomic E-state index is 13.4. The Morgan fingerprint density at radius 2 is 2.00 bits per heavy atom. The summed E-state index contributed by atoms with van der Waals surface area (Å²) >= 11 is 5.83. The van der Waals surface area contributed by atoms with Gasteiger partial charge in [0.1, 0.15) is 5.82 Å². The van der Waals surface area contributed by atoms with Gasteiger partial charge in [-0.05, 0) is 29.2 Å². The molecule has 2 rings (SSSR count). The first kappa shape index (κ1) is 13.8. The van der Waals surface area contributed by atoms with Crippen LogP contribution in [0.5, 0.6) is 0 Å². The van der Waals surface area contributed by atoms with Crippen LogP contribution in [0, 0.1) is 17.2 Å². The van der Waals surface area contributed by atoms with Crippen molar-refractivity contribution < 1.29 is 9.18 Å². The number of hydrogen-bond acceptors (Lipinski definition) is 1. The monoisotopic (exact) mass is 283 g/mol. The fourth-order valence-corrected chi connectivity index (χ4v) is 2.90. The molecule has 1 aromatic carbocycles. The third-order valence-electron chi connectivity index (χ3n) is 3.58. The van der Waals surface area contributed by atoms with Gasteiger partial charge in [-0.2, -0.15) is 4.99 Å². The van der Waals surface area contributed by atoms with E-state index < -0.39 is 5.82 Å². The molecule has 4 N–H and O–H groups in total. The van der Waals surface area contributed by atoms with Crippen molar-refractivity contribution in [2.24, 2.45) is 27.8 Å². The molecule has 2 unspecified atom stereocenters. The molecule has 0 radical (unpaired) electrons. The predicted molar refractivity (Wildman–Crippen MR) is 72.2 cm³/mol. The largest absolute Gasteiger partial charge is 0.370 e. The lowest BCUT2D eigenvalue weighted by atomic mass is 10.0. The van der Waals surface area contributed by atoms with Crippen LogP contribution in [-0.2, 0) is 4.79 Å². The summed E-state index contributed by atoms with van der Waals surface area (Å²) in [6, 6.07) is 4.29. The Morgan fingerprint density at radius 3 is 2.53 bits per heavy atom. The van der Waals surface area contributed by atoms with Crippen LogP contribution >= 0.6 is 11.6 Å². The van der Waals surface area contributed by atoms with Gasteiger partial charge in [0, 0.05) is 10.9 Å². The van der Waals surface area contributed by atoms with Gasteiger partial charge in [-0.3, -0.25) is 4.79 Å². The second-order valence-electron chi connectivity index (χ2n) is 5.35. The lowest BCUT2D eigenvalue weighted by molar-refractivity contribution is -0.119. The molecule has 1 aliphatic rings. The van der Waals surface area contributed by atoms with Crippen LogP contribution in [0.15, 0.2) is 23.2 Å². The number of aliphatic imine (C=N–C) groups is 1. The van der Waals surface area contributed by atoms with Crippen molar-refractivity contribution in [2.45, 2.75) is 19.8 Å². The highest BCUT2D eigenvalue weighted by Gasteiger charge is 2.62. The first-order valence-corrected chi connectivity index (χ1v) is 6.20. The molecule has 102 valence electrons. The van der Waals surface area contributed by atoms with Crippen molar-refractivity contribution in [2.75, 3.05) is 0 Å². The molecule has 4 nitrogen and oxygen atoms in total. The average Bonchev–Trinajstić information content (AvgIpc) is 2.79. The van der Waals surface area contributed by atoms with Gasteiger partial charge < -0.3 is 11.5 Å². The molecule has 1 aliphatic carbocycles. The summed E-state index contributed by atoms with van der Waals surface area (Å²) < 4.78 is 13.4. The zero-order chi connectivity index (χ0) is 14.4. The molecule has 0 saturated heterocycles. The topological polar surface area (TPSA) is 81.5 Å². The lowest BCUT2D eigenvalue weighted by Gasteiger charge is -2.03. The van der Waals surface area contributed by atoms with E-state index in [4.69, 9.17) is 23.1 Å². The molecule has 6 heteroatoms. The molecule has 0 spiro atoms. The predicted octanol–water partition coefficient (Wildman–Crippen LogP) is 2.02. The van der Waals surface area contributed by atoms with Crippen molar-refractivity contribution in [1.82, 2.24) is 0 Å². The number of benzene rings is 1. The number of nitrogens with zero attached hydrogens (tertiary/aromatic N) is 1. The summed E-state index contributed by atoms with van der Waals surface area (Å²) in [5.74, 6) is -1.54. The molecule has 0 heterocycles. The number of carbonyl (C=O) groups excluding carboxylic acids is 1. The molecule has 1 saturated carbocycles. The molecular weight excluding hydrogens is 269 g/mol. The number of carbonyl (C=O) groups is 1. The Hall–Kier alpha value is -1.62. The van der Waals surface area contributed by atoms with Crippen LogP contribution in [0.1, 0.15) is 25.3 Å². The minimum absolute atomic E-state index is 0.128. The maximum atomic E-state index is 13.4. The standard InChI is InChI=1S/C13H15ClFN3O/c1-13(2)9(10(13)11(19)18-12(16)17)6-3-7(14)5-8(15)4-6/h3-5,9-10H,1-2H3,(H4,16,17,18,19). The number of guanidine groups is 1. The second kappa shape index (κ2) is 4.49. The Balaban J connectivity index is 2.31. The minimum atomic E-state index is -0.418. The van der Waals surface area contributed by atoms with E-state index in [1.165, 1.54) is 12.1 Å². The Labute approximate surface area is 115 Å². The third kappa shape index (κ3) is 2.56. The van der Waals surface area contributed by atoms with Crippen LogP contribution in [0.25, 0.3) is 0 Å². The van der Waals surface area contributed by atoms with Crippen LogP contribution in [0.3, 0.4) is 0 Å². The van der Waals surface area contributed by atoms with E-state index in [1.54, 1.807) is 6.07 Å². The summed E-state index contributed by atoms with van der Waals surface area (Å²) in [5, 5.41) is 0.311. The Bertz CT molecular complexity index is 547. The summed E-state index contributed by atoms with van der Waals surface area (Å²) in [4.78, 5) is 15.5. The normalized spacial score (nSPS) is 23.8.